The summed E-state index contributed by atoms with van der Waals surface area (Å²) in [4.78, 5) is 22.5. The first-order chi connectivity index (χ1) is 11.0. The van der Waals surface area contributed by atoms with Crippen LogP contribution in [0, 0.1) is 5.92 Å². The molecule has 0 N–H and O–H groups in total. The SMILES string of the molecule is CC(=O)N1CC[C@@H](Cc2cncc(-c3ccnn3C(C)C)n2)C1. The maximum absolute atomic E-state index is 11.4. The summed E-state index contributed by atoms with van der Waals surface area (Å²) >= 11 is 0. The van der Waals surface area contributed by atoms with Crippen LogP contribution in [0.4, 0.5) is 0 Å². The van der Waals surface area contributed by atoms with E-state index in [9.17, 15) is 4.79 Å². The van der Waals surface area contributed by atoms with Crippen LogP contribution in [-0.2, 0) is 11.2 Å². The van der Waals surface area contributed by atoms with Crippen molar-refractivity contribution in [3.8, 4) is 11.4 Å². The summed E-state index contributed by atoms with van der Waals surface area (Å²) in [5.41, 5.74) is 2.83. The molecule has 0 unspecified atom stereocenters. The topological polar surface area (TPSA) is 63.9 Å². The summed E-state index contributed by atoms with van der Waals surface area (Å²) < 4.78 is 1.96. The largest absolute Gasteiger partial charge is 0.343 e. The van der Waals surface area contributed by atoms with Crippen LogP contribution in [0.15, 0.2) is 24.7 Å². The molecule has 1 atom stereocenters. The Morgan fingerprint density at radius 1 is 1.39 bits per heavy atom. The molecule has 23 heavy (non-hydrogen) atoms. The molecule has 0 spiro atoms. The fourth-order valence-electron chi connectivity index (χ4n) is 3.14. The summed E-state index contributed by atoms with van der Waals surface area (Å²) in [7, 11) is 0. The zero-order chi connectivity index (χ0) is 16.4. The molecular weight excluding hydrogens is 290 g/mol. The lowest BCUT2D eigenvalue weighted by atomic mass is 10.0. The summed E-state index contributed by atoms with van der Waals surface area (Å²) in [6.45, 7) is 7.51. The van der Waals surface area contributed by atoms with Crippen LogP contribution in [0.3, 0.4) is 0 Å². The van der Waals surface area contributed by atoms with Gasteiger partial charge >= 0.3 is 0 Å². The number of amides is 1. The minimum Gasteiger partial charge on any atom is -0.343 e. The first-order valence-electron chi connectivity index (χ1n) is 8.15. The molecule has 1 saturated heterocycles. The average molecular weight is 313 g/mol. The summed E-state index contributed by atoms with van der Waals surface area (Å²) in [5, 5.41) is 4.36. The van der Waals surface area contributed by atoms with Gasteiger partial charge in [0.05, 0.1) is 17.6 Å². The van der Waals surface area contributed by atoms with E-state index in [2.05, 4.69) is 23.9 Å². The van der Waals surface area contributed by atoms with E-state index in [4.69, 9.17) is 4.98 Å². The van der Waals surface area contributed by atoms with Crippen molar-refractivity contribution in [3.63, 3.8) is 0 Å². The standard InChI is InChI=1S/C17H23N5O/c1-12(2)22-17(4-6-19-22)16-10-18-9-15(20-16)8-14-5-7-21(11-14)13(3)23/h4,6,9-10,12,14H,5,7-8,11H2,1-3H3/t14-/m0/s1. The highest BCUT2D eigenvalue weighted by molar-refractivity contribution is 5.73. The Hall–Kier alpha value is -2.24. The first-order valence-corrected chi connectivity index (χ1v) is 8.15. The van der Waals surface area contributed by atoms with Crippen molar-refractivity contribution >= 4 is 5.91 Å². The molecule has 0 saturated carbocycles. The number of likely N-dealkylation sites (tertiary alicyclic amines) is 1. The van der Waals surface area contributed by atoms with Gasteiger partial charge < -0.3 is 4.90 Å². The maximum atomic E-state index is 11.4. The van der Waals surface area contributed by atoms with E-state index in [0.29, 0.717) is 5.92 Å². The normalized spacial score (nSPS) is 17.9. The van der Waals surface area contributed by atoms with E-state index in [-0.39, 0.29) is 11.9 Å². The molecule has 3 rings (SSSR count). The molecule has 3 heterocycles. The molecular formula is C17H23N5O. The fourth-order valence-corrected chi connectivity index (χ4v) is 3.14. The Morgan fingerprint density at radius 3 is 2.91 bits per heavy atom. The number of carbonyl (C=O) groups is 1. The van der Waals surface area contributed by atoms with Gasteiger partial charge in [-0.05, 0) is 38.7 Å². The lowest BCUT2D eigenvalue weighted by Crippen LogP contribution is -2.26. The maximum Gasteiger partial charge on any atom is 0.219 e. The van der Waals surface area contributed by atoms with Crippen molar-refractivity contribution in [1.82, 2.24) is 24.6 Å². The van der Waals surface area contributed by atoms with E-state index in [1.807, 2.05) is 21.8 Å². The molecule has 1 aliphatic rings. The third kappa shape index (κ3) is 3.41. The number of rotatable bonds is 4. The van der Waals surface area contributed by atoms with Gasteiger partial charge in [0.2, 0.25) is 5.91 Å². The summed E-state index contributed by atoms with van der Waals surface area (Å²) in [6, 6.07) is 2.25. The molecule has 122 valence electrons. The van der Waals surface area contributed by atoms with Gasteiger partial charge in [-0.2, -0.15) is 5.10 Å². The lowest BCUT2D eigenvalue weighted by Gasteiger charge is -2.14. The number of aromatic nitrogens is 4. The lowest BCUT2D eigenvalue weighted by molar-refractivity contribution is -0.127. The van der Waals surface area contributed by atoms with E-state index in [0.717, 1.165) is 43.0 Å². The second kappa shape index (κ2) is 6.48. The summed E-state index contributed by atoms with van der Waals surface area (Å²) in [6.07, 6.45) is 7.31. The monoisotopic (exact) mass is 313 g/mol. The quantitative estimate of drug-likeness (QED) is 0.869. The predicted molar refractivity (Wildman–Crippen MR) is 87.7 cm³/mol. The van der Waals surface area contributed by atoms with Crippen LogP contribution in [0.2, 0.25) is 0 Å². The highest BCUT2D eigenvalue weighted by Gasteiger charge is 2.24. The van der Waals surface area contributed by atoms with Crippen LogP contribution in [-0.4, -0.2) is 43.6 Å². The van der Waals surface area contributed by atoms with E-state index >= 15 is 0 Å². The third-order valence-corrected chi connectivity index (χ3v) is 4.34. The zero-order valence-corrected chi connectivity index (χ0v) is 13.9. The van der Waals surface area contributed by atoms with Gasteiger partial charge in [-0.1, -0.05) is 0 Å². The molecule has 2 aromatic heterocycles. The smallest absolute Gasteiger partial charge is 0.219 e. The average Bonchev–Trinajstić information content (AvgIpc) is 3.16. The number of hydrogen-bond acceptors (Lipinski definition) is 4. The van der Waals surface area contributed by atoms with E-state index in [1.54, 1.807) is 19.3 Å². The minimum atomic E-state index is 0.160. The Morgan fingerprint density at radius 2 is 2.22 bits per heavy atom. The zero-order valence-electron chi connectivity index (χ0n) is 13.9. The second-order valence-electron chi connectivity index (χ2n) is 6.47. The summed E-state index contributed by atoms with van der Waals surface area (Å²) in [5.74, 6) is 0.631. The molecule has 0 bridgehead atoms. The molecule has 6 nitrogen and oxygen atoms in total. The highest BCUT2D eigenvalue weighted by atomic mass is 16.2. The molecule has 0 radical (unpaired) electrons. The highest BCUT2D eigenvalue weighted by Crippen LogP contribution is 2.23. The van der Waals surface area contributed by atoms with Crippen LogP contribution < -0.4 is 0 Å². The third-order valence-electron chi connectivity index (χ3n) is 4.34. The molecule has 0 aliphatic carbocycles. The number of nitrogens with zero attached hydrogens (tertiary/aromatic N) is 5. The fraction of sp³-hybridized carbons (Fsp3) is 0.529. The van der Waals surface area contributed by atoms with Gasteiger partial charge in [0.25, 0.3) is 0 Å². The van der Waals surface area contributed by atoms with Crippen molar-refractivity contribution in [2.45, 2.75) is 39.7 Å². The molecule has 1 amide bonds. The van der Waals surface area contributed by atoms with Crippen LogP contribution in [0.25, 0.3) is 11.4 Å². The van der Waals surface area contributed by atoms with Gasteiger partial charge in [0.15, 0.2) is 0 Å². The van der Waals surface area contributed by atoms with E-state index in [1.165, 1.54) is 0 Å². The van der Waals surface area contributed by atoms with Gasteiger partial charge in [0.1, 0.15) is 5.69 Å². The Kier molecular flexibility index (Phi) is 4.41. The molecule has 1 fully saturated rings. The Bertz CT molecular complexity index is 694. The van der Waals surface area contributed by atoms with Gasteiger partial charge in [0, 0.05) is 38.4 Å². The van der Waals surface area contributed by atoms with Gasteiger partial charge in [-0.3, -0.25) is 14.5 Å². The number of hydrogen-bond donors (Lipinski definition) is 0. The molecule has 6 heteroatoms. The van der Waals surface area contributed by atoms with Crippen molar-refractivity contribution in [3.05, 3.63) is 30.4 Å². The van der Waals surface area contributed by atoms with Crippen molar-refractivity contribution in [2.24, 2.45) is 5.92 Å². The second-order valence-corrected chi connectivity index (χ2v) is 6.47. The Balaban J connectivity index is 1.76. The predicted octanol–water partition coefficient (Wildman–Crippen LogP) is 2.33. The van der Waals surface area contributed by atoms with Crippen molar-refractivity contribution < 1.29 is 4.79 Å². The molecule has 1 aliphatic heterocycles. The van der Waals surface area contributed by atoms with Crippen molar-refractivity contribution in [2.75, 3.05) is 13.1 Å². The molecule has 0 aromatic carbocycles. The minimum absolute atomic E-state index is 0.160. The van der Waals surface area contributed by atoms with Crippen LogP contribution in [0.1, 0.15) is 38.9 Å². The van der Waals surface area contributed by atoms with Gasteiger partial charge in [-0.15, -0.1) is 0 Å². The van der Waals surface area contributed by atoms with E-state index < -0.39 is 0 Å². The van der Waals surface area contributed by atoms with Crippen molar-refractivity contribution in [1.29, 1.82) is 0 Å². The van der Waals surface area contributed by atoms with Crippen LogP contribution in [0.5, 0.6) is 0 Å². The van der Waals surface area contributed by atoms with Crippen LogP contribution >= 0.6 is 0 Å². The first kappa shape index (κ1) is 15.6. The Labute approximate surface area is 136 Å². The molecule has 2 aromatic rings. The van der Waals surface area contributed by atoms with Gasteiger partial charge in [-0.25, -0.2) is 4.98 Å². The number of carbonyl (C=O) groups excluding carboxylic acids is 1.